The maximum atomic E-state index is 11.3. The van der Waals surface area contributed by atoms with Crippen molar-refractivity contribution in [2.45, 2.75) is 0 Å². The molecule has 1 saturated heterocycles. The van der Waals surface area contributed by atoms with E-state index in [0.717, 1.165) is 5.56 Å². The third-order valence-electron chi connectivity index (χ3n) is 1.69. The van der Waals surface area contributed by atoms with Crippen molar-refractivity contribution in [3.05, 3.63) is 34.0 Å². The van der Waals surface area contributed by atoms with Crippen LogP contribution < -0.4 is 5.32 Å². The van der Waals surface area contributed by atoms with Gasteiger partial charge >= 0.3 is 0 Å². The highest BCUT2D eigenvalue weighted by atomic mass is 35.5. The second-order valence-corrected chi connectivity index (χ2v) is 4.87. The summed E-state index contributed by atoms with van der Waals surface area (Å²) < 4.78 is 0.480. The van der Waals surface area contributed by atoms with E-state index in [1.165, 1.54) is 11.8 Å². The van der Waals surface area contributed by atoms with Crippen LogP contribution in [0, 0.1) is 0 Å². The highest BCUT2D eigenvalue weighted by molar-refractivity contribution is 8.26. The van der Waals surface area contributed by atoms with Gasteiger partial charge in [0.1, 0.15) is 9.47 Å². The first-order valence-corrected chi connectivity index (χ1v) is 5.62. The van der Waals surface area contributed by atoms with Crippen LogP contribution in [0.4, 0.5) is 0 Å². The van der Waals surface area contributed by atoms with Crippen LogP contribution in [0.1, 0.15) is 5.56 Å². The molecule has 0 bridgehead atoms. The number of carbonyl (C=O) groups is 1. The molecule has 1 amide bonds. The zero-order valence-corrected chi connectivity index (χ0v) is 9.75. The highest BCUT2D eigenvalue weighted by Crippen LogP contribution is 2.25. The van der Waals surface area contributed by atoms with Crippen LogP contribution in [0.2, 0.25) is 5.15 Å². The Labute approximate surface area is 101 Å². The molecule has 2 rings (SSSR count). The van der Waals surface area contributed by atoms with Crippen LogP contribution in [-0.2, 0) is 4.79 Å². The molecule has 0 aromatic carbocycles. The van der Waals surface area contributed by atoms with Gasteiger partial charge in [-0.1, -0.05) is 41.6 Å². The first-order chi connectivity index (χ1) is 7.15. The molecule has 1 aliphatic rings. The van der Waals surface area contributed by atoms with E-state index in [2.05, 4.69) is 10.3 Å². The molecule has 1 N–H and O–H groups in total. The van der Waals surface area contributed by atoms with Gasteiger partial charge in [0.15, 0.2) is 0 Å². The molecule has 0 aliphatic carbocycles. The number of nitrogens with one attached hydrogen (secondary N) is 1. The van der Waals surface area contributed by atoms with Gasteiger partial charge in [0, 0.05) is 6.20 Å². The molecule has 3 nitrogen and oxygen atoms in total. The maximum Gasteiger partial charge on any atom is 0.263 e. The van der Waals surface area contributed by atoms with E-state index in [4.69, 9.17) is 23.8 Å². The topological polar surface area (TPSA) is 42.0 Å². The molecule has 1 aromatic heterocycles. The Balaban J connectivity index is 2.27. The van der Waals surface area contributed by atoms with E-state index in [-0.39, 0.29) is 5.91 Å². The summed E-state index contributed by atoms with van der Waals surface area (Å²) in [6.45, 7) is 0. The van der Waals surface area contributed by atoms with Crippen molar-refractivity contribution in [3.8, 4) is 0 Å². The minimum Gasteiger partial charge on any atom is -0.307 e. The van der Waals surface area contributed by atoms with Crippen LogP contribution in [0.5, 0.6) is 0 Å². The summed E-state index contributed by atoms with van der Waals surface area (Å²) in [6, 6.07) is 3.46. The Morgan fingerprint density at radius 3 is 2.87 bits per heavy atom. The summed E-state index contributed by atoms with van der Waals surface area (Å²) in [6.07, 6.45) is 3.33. The Hall–Kier alpha value is -0.910. The Morgan fingerprint density at radius 1 is 1.53 bits per heavy atom. The van der Waals surface area contributed by atoms with Crippen molar-refractivity contribution in [1.29, 1.82) is 0 Å². The van der Waals surface area contributed by atoms with E-state index in [9.17, 15) is 4.79 Å². The van der Waals surface area contributed by atoms with Gasteiger partial charge in [0.25, 0.3) is 5.91 Å². The zero-order valence-electron chi connectivity index (χ0n) is 7.36. The molecule has 0 spiro atoms. The summed E-state index contributed by atoms with van der Waals surface area (Å²) in [7, 11) is 0. The normalized spacial score (nSPS) is 18.3. The van der Waals surface area contributed by atoms with Gasteiger partial charge in [-0.3, -0.25) is 4.79 Å². The molecule has 2 heterocycles. The fourth-order valence-corrected chi connectivity index (χ4v) is 2.20. The molecule has 6 heteroatoms. The minimum absolute atomic E-state index is 0.167. The van der Waals surface area contributed by atoms with Crippen LogP contribution in [-0.4, -0.2) is 15.2 Å². The average Bonchev–Trinajstić information content (AvgIpc) is 2.49. The highest BCUT2D eigenvalue weighted by Gasteiger charge is 2.21. The van der Waals surface area contributed by atoms with Crippen LogP contribution in [0.3, 0.4) is 0 Å². The molecule has 1 aromatic rings. The molecule has 76 valence electrons. The number of carbonyl (C=O) groups excluding carboxylic acids is 1. The predicted octanol–water partition coefficient (Wildman–Crippen LogP) is 2.22. The molecule has 0 atom stereocenters. The number of pyridine rings is 1. The third kappa shape index (κ3) is 2.56. The Kier molecular flexibility index (Phi) is 3.04. The molecule has 1 fully saturated rings. The number of hydrogen-bond acceptors (Lipinski definition) is 4. The van der Waals surface area contributed by atoms with E-state index < -0.39 is 0 Å². The quantitative estimate of drug-likeness (QED) is 0.475. The number of thioether (sulfide) groups is 1. The van der Waals surface area contributed by atoms with E-state index in [0.29, 0.717) is 14.4 Å². The lowest BCUT2D eigenvalue weighted by Gasteiger charge is -1.94. The summed E-state index contributed by atoms with van der Waals surface area (Å²) in [5.74, 6) is -0.167. The van der Waals surface area contributed by atoms with Gasteiger partial charge in [0.2, 0.25) is 0 Å². The van der Waals surface area contributed by atoms with Gasteiger partial charge in [0.05, 0.1) is 4.91 Å². The van der Waals surface area contributed by atoms with Crippen molar-refractivity contribution < 1.29 is 4.79 Å². The number of amides is 1. The van der Waals surface area contributed by atoms with Gasteiger partial charge in [-0.25, -0.2) is 4.98 Å². The van der Waals surface area contributed by atoms with Crippen molar-refractivity contribution in [2.75, 3.05) is 0 Å². The molecular formula is C9H5ClN2OS2. The Bertz CT molecular complexity index is 456. The summed E-state index contributed by atoms with van der Waals surface area (Å²) >= 11 is 11.8. The molecular weight excluding hydrogens is 252 g/mol. The average molecular weight is 257 g/mol. The molecule has 15 heavy (non-hydrogen) atoms. The summed E-state index contributed by atoms with van der Waals surface area (Å²) in [5, 5.41) is 2.97. The number of hydrogen-bond donors (Lipinski definition) is 1. The fraction of sp³-hybridized carbons (Fsp3) is 0. The number of aromatic nitrogens is 1. The Morgan fingerprint density at radius 2 is 2.33 bits per heavy atom. The van der Waals surface area contributed by atoms with E-state index >= 15 is 0 Å². The van der Waals surface area contributed by atoms with Crippen LogP contribution in [0.25, 0.3) is 6.08 Å². The van der Waals surface area contributed by atoms with E-state index in [1.54, 1.807) is 24.4 Å². The lowest BCUT2D eigenvalue weighted by atomic mass is 10.2. The number of nitrogens with zero attached hydrogens (tertiary/aromatic N) is 1. The van der Waals surface area contributed by atoms with Gasteiger partial charge in [-0.15, -0.1) is 0 Å². The first kappa shape index (κ1) is 10.6. The monoisotopic (exact) mass is 256 g/mol. The van der Waals surface area contributed by atoms with Crippen LogP contribution >= 0.6 is 35.6 Å². The zero-order chi connectivity index (χ0) is 10.8. The third-order valence-corrected chi connectivity index (χ3v) is 3.08. The van der Waals surface area contributed by atoms with Crippen molar-refractivity contribution in [2.24, 2.45) is 0 Å². The van der Waals surface area contributed by atoms with Crippen LogP contribution in [0.15, 0.2) is 23.2 Å². The van der Waals surface area contributed by atoms with Gasteiger partial charge < -0.3 is 5.32 Å². The lowest BCUT2D eigenvalue weighted by molar-refractivity contribution is -0.115. The first-order valence-electron chi connectivity index (χ1n) is 4.01. The SMILES string of the molecule is O=C1NC(=S)S/C1=C/c1ccc(Cl)nc1. The molecule has 0 saturated carbocycles. The molecule has 1 aliphatic heterocycles. The van der Waals surface area contributed by atoms with Gasteiger partial charge in [-0.05, 0) is 17.7 Å². The predicted molar refractivity (Wildman–Crippen MR) is 65.6 cm³/mol. The molecule has 0 radical (unpaired) electrons. The van der Waals surface area contributed by atoms with Crippen molar-refractivity contribution in [1.82, 2.24) is 10.3 Å². The number of rotatable bonds is 1. The van der Waals surface area contributed by atoms with E-state index in [1.807, 2.05) is 0 Å². The standard InChI is InChI=1S/C9H5ClN2OS2/c10-7-2-1-5(4-11-7)3-6-8(13)12-9(14)15-6/h1-4H,(H,12,13,14)/b6-3+. The van der Waals surface area contributed by atoms with Gasteiger partial charge in [-0.2, -0.15) is 0 Å². The summed E-state index contributed by atoms with van der Waals surface area (Å²) in [5.41, 5.74) is 0.821. The number of halogens is 1. The second-order valence-electron chi connectivity index (χ2n) is 2.77. The fourth-order valence-electron chi connectivity index (χ4n) is 1.05. The lowest BCUT2D eigenvalue weighted by Crippen LogP contribution is -2.17. The van der Waals surface area contributed by atoms with Crippen molar-refractivity contribution in [3.63, 3.8) is 0 Å². The largest absolute Gasteiger partial charge is 0.307 e. The maximum absolute atomic E-state index is 11.3. The second kappa shape index (κ2) is 4.30. The minimum atomic E-state index is -0.167. The smallest absolute Gasteiger partial charge is 0.263 e. The van der Waals surface area contributed by atoms with Crippen molar-refractivity contribution >= 4 is 51.9 Å². The summed E-state index contributed by atoms with van der Waals surface area (Å²) in [4.78, 5) is 15.8. The molecule has 0 unspecified atom stereocenters. The number of thiocarbonyl (C=S) groups is 1.